The summed E-state index contributed by atoms with van der Waals surface area (Å²) >= 11 is 0. The SMILES string of the molecule is C=[N+](C)C(=O)C1CCC1. The molecular formula is C7H12NO+. The van der Waals surface area contributed by atoms with E-state index >= 15 is 0 Å². The van der Waals surface area contributed by atoms with Crippen LogP contribution < -0.4 is 0 Å². The Morgan fingerprint density at radius 2 is 2.22 bits per heavy atom. The van der Waals surface area contributed by atoms with Crippen molar-refractivity contribution in [3.63, 3.8) is 0 Å². The molecule has 0 aliphatic heterocycles. The summed E-state index contributed by atoms with van der Waals surface area (Å²) in [7, 11) is 1.71. The average Bonchev–Trinajstić information content (AvgIpc) is 1.60. The number of carbonyl (C=O) groups is 1. The van der Waals surface area contributed by atoms with Gasteiger partial charge in [-0.25, -0.2) is 4.79 Å². The van der Waals surface area contributed by atoms with Gasteiger partial charge in [0.1, 0.15) is 13.8 Å². The van der Waals surface area contributed by atoms with Crippen LogP contribution >= 0.6 is 0 Å². The third kappa shape index (κ3) is 1.18. The van der Waals surface area contributed by atoms with E-state index in [1.807, 2.05) is 0 Å². The zero-order valence-electron chi connectivity index (χ0n) is 5.76. The third-order valence-electron chi connectivity index (χ3n) is 1.83. The standard InChI is InChI=1S/C7H12NO/c1-8(2)7(9)6-4-3-5-6/h6H,1,3-5H2,2H3/q+1. The van der Waals surface area contributed by atoms with Crippen molar-refractivity contribution in [3.05, 3.63) is 0 Å². The first-order valence-corrected chi connectivity index (χ1v) is 3.30. The summed E-state index contributed by atoms with van der Waals surface area (Å²) in [5.74, 6) is 0.494. The lowest BCUT2D eigenvalue weighted by Gasteiger charge is -2.19. The van der Waals surface area contributed by atoms with Crippen molar-refractivity contribution in [2.24, 2.45) is 5.92 Å². The summed E-state index contributed by atoms with van der Waals surface area (Å²) < 4.78 is 1.43. The minimum absolute atomic E-state index is 0.196. The highest BCUT2D eigenvalue weighted by Gasteiger charge is 2.30. The molecule has 2 heteroatoms. The Bertz CT molecular complexity index is 147. The molecule has 2 nitrogen and oxygen atoms in total. The largest absolute Gasteiger partial charge is 0.389 e. The Kier molecular flexibility index (Phi) is 1.65. The molecule has 50 valence electrons. The monoisotopic (exact) mass is 126 g/mol. The number of hydrogen-bond donors (Lipinski definition) is 0. The van der Waals surface area contributed by atoms with Gasteiger partial charge in [-0.3, -0.25) is 0 Å². The molecule has 0 heterocycles. The highest BCUT2D eigenvalue weighted by molar-refractivity contribution is 5.72. The highest BCUT2D eigenvalue weighted by Crippen LogP contribution is 2.26. The maximum Gasteiger partial charge on any atom is 0.389 e. The lowest BCUT2D eigenvalue weighted by atomic mass is 9.85. The molecule has 0 saturated heterocycles. The average molecular weight is 126 g/mol. The van der Waals surface area contributed by atoms with Gasteiger partial charge in [0, 0.05) is 0 Å². The van der Waals surface area contributed by atoms with Crippen molar-refractivity contribution in [1.29, 1.82) is 0 Å². The Morgan fingerprint density at radius 1 is 1.67 bits per heavy atom. The molecule has 0 spiro atoms. The summed E-state index contributed by atoms with van der Waals surface area (Å²) in [4.78, 5) is 11.0. The molecule has 0 aromatic carbocycles. The maximum absolute atomic E-state index is 11.0. The van der Waals surface area contributed by atoms with E-state index in [-0.39, 0.29) is 5.91 Å². The Balaban J connectivity index is 2.42. The summed E-state index contributed by atoms with van der Waals surface area (Å²) in [5, 5.41) is 0. The number of rotatable bonds is 1. The molecule has 1 aliphatic carbocycles. The van der Waals surface area contributed by atoms with E-state index in [1.165, 1.54) is 11.0 Å². The van der Waals surface area contributed by atoms with Gasteiger partial charge in [0.05, 0.1) is 5.92 Å². The van der Waals surface area contributed by atoms with Crippen molar-refractivity contribution in [2.45, 2.75) is 19.3 Å². The number of amides is 1. The smallest absolute Gasteiger partial charge is 0.219 e. The second kappa shape index (κ2) is 2.29. The van der Waals surface area contributed by atoms with Crippen molar-refractivity contribution in [1.82, 2.24) is 0 Å². The maximum atomic E-state index is 11.0. The Morgan fingerprint density at radius 3 is 2.33 bits per heavy atom. The van der Waals surface area contributed by atoms with Crippen LogP contribution in [-0.2, 0) is 4.79 Å². The molecule has 0 aromatic heterocycles. The molecule has 0 unspecified atom stereocenters. The lowest BCUT2D eigenvalue weighted by molar-refractivity contribution is -0.416. The number of hydrogen-bond acceptors (Lipinski definition) is 1. The molecule has 1 saturated carbocycles. The molecule has 0 bridgehead atoms. The van der Waals surface area contributed by atoms with Crippen LogP contribution in [0.1, 0.15) is 19.3 Å². The topological polar surface area (TPSA) is 20.1 Å². The van der Waals surface area contributed by atoms with Crippen LogP contribution in [0.5, 0.6) is 0 Å². The van der Waals surface area contributed by atoms with Crippen LogP contribution in [0.15, 0.2) is 0 Å². The van der Waals surface area contributed by atoms with Gasteiger partial charge in [0.25, 0.3) is 0 Å². The van der Waals surface area contributed by atoms with E-state index < -0.39 is 0 Å². The predicted octanol–water partition coefficient (Wildman–Crippen LogP) is 0.656. The molecule has 1 aliphatic rings. The van der Waals surface area contributed by atoms with E-state index in [0.717, 1.165) is 12.8 Å². The van der Waals surface area contributed by atoms with Crippen molar-refractivity contribution >= 4 is 12.6 Å². The van der Waals surface area contributed by atoms with Crippen LogP contribution in [0.25, 0.3) is 0 Å². The fourth-order valence-electron chi connectivity index (χ4n) is 0.967. The molecule has 0 atom stereocenters. The quantitative estimate of drug-likeness (QED) is 0.373. The van der Waals surface area contributed by atoms with Gasteiger partial charge in [0.2, 0.25) is 0 Å². The molecule has 0 aromatic rings. The zero-order valence-corrected chi connectivity index (χ0v) is 5.76. The molecular weight excluding hydrogens is 114 g/mol. The van der Waals surface area contributed by atoms with Crippen LogP contribution in [0.2, 0.25) is 0 Å². The van der Waals surface area contributed by atoms with Gasteiger partial charge in [-0.05, 0) is 12.8 Å². The van der Waals surface area contributed by atoms with Crippen molar-refractivity contribution in [2.75, 3.05) is 7.05 Å². The fraction of sp³-hybridized carbons (Fsp3) is 0.714. The summed E-state index contributed by atoms with van der Waals surface area (Å²) in [6.07, 6.45) is 3.35. The van der Waals surface area contributed by atoms with E-state index in [4.69, 9.17) is 0 Å². The molecule has 9 heavy (non-hydrogen) atoms. The Hall–Kier alpha value is -0.660. The van der Waals surface area contributed by atoms with Crippen molar-refractivity contribution < 1.29 is 9.37 Å². The van der Waals surface area contributed by atoms with E-state index in [1.54, 1.807) is 7.05 Å². The zero-order chi connectivity index (χ0) is 6.85. The number of carbonyl (C=O) groups excluding carboxylic acids is 1. The summed E-state index contributed by atoms with van der Waals surface area (Å²) in [6, 6.07) is 0. The second-order valence-corrected chi connectivity index (χ2v) is 2.66. The van der Waals surface area contributed by atoms with Crippen LogP contribution in [0.4, 0.5) is 0 Å². The highest BCUT2D eigenvalue weighted by atomic mass is 16.2. The van der Waals surface area contributed by atoms with Crippen LogP contribution in [0, 0.1) is 5.92 Å². The van der Waals surface area contributed by atoms with E-state index in [9.17, 15) is 4.79 Å². The van der Waals surface area contributed by atoms with E-state index in [2.05, 4.69) is 6.72 Å². The molecule has 1 rings (SSSR count). The van der Waals surface area contributed by atoms with Gasteiger partial charge in [-0.15, -0.1) is 0 Å². The van der Waals surface area contributed by atoms with Gasteiger partial charge >= 0.3 is 5.91 Å². The van der Waals surface area contributed by atoms with Gasteiger partial charge in [-0.2, -0.15) is 4.58 Å². The normalized spacial score (nSPS) is 18.8. The minimum atomic E-state index is 0.196. The van der Waals surface area contributed by atoms with Crippen LogP contribution in [0.3, 0.4) is 0 Å². The van der Waals surface area contributed by atoms with E-state index in [0.29, 0.717) is 5.92 Å². The lowest BCUT2D eigenvalue weighted by Crippen LogP contribution is -2.29. The fourth-order valence-corrected chi connectivity index (χ4v) is 0.967. The van der Waals surface area contributed by atoms with Crippen LogP contribution in [-0.4, -0.2) is 24.2 Å². The molecule has 1 amide bonds. The summed E-state index contributed by atoms with van der Waals surface area (Å²) in [6.45, 7) is 3.53. The number of nitrogens with zero attached hydrogens (tertiary/aromatic N) is 1. The third-order valence-corrected chi connectivity index (χ3v) is 1.83. The Labute approximate surface area is 55.2 Å². The minimum Gasteiger partial charge on any atom is -0.219 e. The van der Waals surface area contributed by atoms with Gasteiger partial charge in [-0.1, -0.05) is 6.42 Å². The van der Waals surface area contributed by atoms with Crippen molar-refractivity contribution in [3.8, 4) is 0 Å². The van der Waals surface area contributed by atoms with Gasteiger partial charge < -0.3 is 0 Å². The molecule has 1 fully saturated rings. The summed E-state index contributed by atoms with van der Waals surface area (Å²) in [5.41, 5.74) is 0. The second-order valence-electron chi connectivity index (χ2n) is 2.66. The first kappa shape index (κ1) is 6.46. The molecule has 0 radical (unpaired) electrons. The predicted molar refractivity (Wildman–Crippen MR) is 35.7 cm³/mol. The first-order valence-electron chi connectivity index (χ1n) is 3.30. The first-order chi connectivity index (χ1) is 4.22. The van der Waals surface area contributed by atoms with Gasteiger partial charge in [0.15, 0.2) is 0 Å². The molecule has 0 N–H and O–H groups in total.